The van der Waals surface area contributed by atoms with Gasteiger partial charge in [-0.05, 0) is 33.8 Å². The molecule has 4 nitrogen and oxygen atoms in total. The van der Waals surface area contributed by atoms with E-state index in [4.69, 9.17) is 9.47 Å². The summed E-state index contributed by atoms with van der Waals surface area (Å²) < 4.78 is 11.9. The van der Waals surface area contributed by atoms with Crippen molar-refractivity contribution in [2.24, 2.45) is 0 Å². The molecule has 0 saturated carbocycles. The zero-order chi connectivity index (χ0) is 14.6. The number of unbranched alkanes of at least 4 members (excludes halogenated alkanes) is 1. The summed E-state index contributed by atoms with van der Waals surface area (Å²) >= 11 is 5.17. The lowest BCUT2D eigenvalue weighted by Crippen LogP contribution is -2.30. The van der Waals surface area contributed by atoms with Crippen molar-refractivity contribution in [2.45, 2.75) is 32.4 Å². The largest absolute Gasteiger partial charge is 0.389 e. The van der Waals surface area contributed by atoms with Gasteiger partial charge >= 0.3 is 0 Å². The Hall–Kier alpha value is 0.0200. The molecule has 0 saturated heterocycles. The molecule has 0 aliphatic carbocycles. The molecule has 1 heterocycles. The Morgan fingerprint density at radius 2 is 2.15 bits per heavy atom. The van der Waals surface area contributed by atoms with Crippen LogP contribution < -0.4 is 5.32 Å². The summed E-state index contributed by atoms with van der Waals surface area (Å²) in [6.07, 6.45) is 1.75. The van der Waals surface area contributed by atoms with Crippen LogP contribution in [-0.2, 0) is 16.0 Å². The molecule has 0 amide bonds. The second-order valence-electron chi connectivity index (χ2n) is 4.52. The topological polar surface area (TPSA) is 50.7 Å². The Morgan fingerprint density at radius 3 is 2.85 bits per heavy atom. The number of nitrogens with one attached hydrogen (secondary N) is 1. The van der Waals surface area contributed by atoms with Gasteiger partial charge in [-0.15, -0.1) is 11.3 Å². The van der Waals surface area contributed by atoms with E-state index in [2.05, 4.69) is 28.2 Å². The molecule has 20 heavy (non-hydrogen) atoms. The third kappa shape index (κ3) is 8.34. The zero-order valence-corrected chi connectivity index (χ0v) is 14.3. The summed E-state index contributed by atoms with van der Waals surface area (Å²) in [6.45, 7) is 5.70. The van der Waals surface area contributed by atoms with Crippen LogP contribution in [0.2, 0.25) is 0 Å². The highest BCUT2D eigenvalue weighted by Gasteiger charge is 2.05. The third-order valence-corrected chi connectivity index (χ3v) is 4.61. The summed E-state index contributed by atoms with van der Waals surface area (Å²) in [4.78, 5) is 1.24. The number of ether oxygens (including phenoxy) is 2. The van der Waals surface area contributed by atoms with E-state index in [9.17, 15) is 5.11 Å². The van der Waals surface area contributed by atoms with Crippen molar-refractivity contribution < 1.29 is 14.6 Å². The molecule has 1 aromatic rings. The first-order valence-corrected chi connectivity index (χ1v) is 8.67. The number of thiophene rings is 1. The average Bonchev–Trinajstić information content (AvgIpc) is 2.83. The monoisotopic (exact) mass is 365 g/mol. The van der Waals surface area contributed by atoms with Crippen molar-refractivity contribution in [2.75, 3.05) is 33.0 Å². The maximum absolute atomic E-state index is 9.75. The smallest absolute Gasteiger partial charge is 0.0897 e. The number of hydrogen-bond acceptors (Lipinski definition) is 5. The Balaban J connectivity index is 1.93. The van der Waals surface area contributed by atoms with Crippen molar-refractivity contribution in [3.8, 4) is 0 Å². The number of aliphatic hydroxyl groups excluding tert-OH is 1. The highest BCUT2D eigenvalue weighted by molar-refractivity contribution is 9.10. The van der Waals surface area contributed by atoms with Crippen LogP contribution in [-0.4, -0.2) is 44.2 Å². The summed E-state index contributed by atoms with van der Waals surface area (Å²) in [5.74, 6) is 0. The van der Waals surface area contributed by atoms with Gasteiger partial charge in [0.15, 0.2) is 0 Å². The van der Waals surface area contributed by atoms with Crippen molar-refractivity contribution in [1.82, 2.24) is 5.32 Å². The SMILES string of the molecule is CCCCOCCOCC(O)CNCc1sccc1Br. The van der Waals surface area contributed by atoms with Crippen molar-refractivity contribution in [3.63, 3.8) is 0 Å². The Bertz CT molecular complexity index is 349. The Morgan fingerprint density at radius 1 is 1.35 bits per heavy atom. The number of rotatable bonds is 12. The van der Waals surface area contributed by atoms with E-state index in [1.807, 2.05) is 11.4 Å². The van der Waals surface area contributed by atoms with Crippen molar-refractivity contribution in [3.05, 3.63) is 20.8 Å². The minimum Gasteiger partial charge on any atom is -0.389 e. The van der Waals surface area contributed by atoms with Gasteiger partial charge in [0.1, 0.15) is 0 Å². The van der Waals surface area contributed by atoms with Gasteiger partial charge in [0.05, 0.1) is 25.9 Å². The first-order valence-electron chi connectivity index (χ1n) is 7.00. The fraction of sp³-hybridized carbons (Fsp3) is 0.714. The summed E-state index contributed by atoms with van der Waals surface area (Å²) in [6, 6.07) is 2.03. The molecule has 0 aliphatic rings. The quantitative estimate of drug-likeness (QED) is 0.559. The minimum absolute atomic E-state index is 0.343. The molecule has 116 valence electrons. The van der Waals surface area contributed by atoms with Gasteiger partial charge in [-0.25, -0.2) is 0 Å². The maximum atomic E-state index is 9.75. The van der Waals surface area contributed by atoms with E-state index >= 15 is 0 Å². The highest BCUT2D eigenvalue weighted by Crippen LogP contribution is 2.21. The van der Waals surface area contributed by atoms with Gasteiger partial charge in [0.2, 0.25) is 0 Å². The summed E-state index contributed by atoms with van der Waals surface area (Å²) in [5.41, 5.74) is 0. The first-order chi connectivity index (χ1) is 9.74. The molecule has 0 aromatic carbocycles. The zero-order valence-electron chi connectivity index (χ0n) is 11.9. The van der Waals surface area contributed by atoms with Crippen LogP contribution in [0.3, 0.4) is 0 Å². The van der Waals surface area contributed by atoms with Crippen LogP contribution in [0.15, 0.2) is 15.9 Å². The van der Waals surface area contributed by atoms with Crippen molar-refractivity contribution in [1.29, 1.82) is 0 Å². The Kier molecular flexibility index (Phi) is 10.5. The van der Waals surface area contributed by atoms with E-state index in [0.29, 0.717) is 26.4 Å². The standard InChI is InChI=1S/C14H24BrNO3S/c1-2-3-5-18-6-7-19-11-12(17)9-16-10-14-13(15)4-8-20-14/h4,8,12,16-17H,2-3,5-7,9-11H2,1H3. The van der Waals surface area contributed by atoms with E-state index < -0.39 is 6.10 Å². The van der Waals surface area contributed by atoms with Gasteiger partial charge in [-0.2, -0.15) is 0 Å². The maximum Gasteiger partial charge on any atom is 0.0897 e. The number of hydrogen-bond donors (Lipinski definition) is 2. The molecule has 0 radical (unpaired) electrons. The van der Waals surface area contributed by atoms with Crippen LogP contribution in [0.4, 0.5) is 0 Å². The number of aliphatic hydroxyl groups is 1. The summed E-state index contributed by atoms with van der Waals surface area (Å²) in [5, 5.41) is 15.0. The van der Waals surface area contributed by atoms with Gasteiger partial charge < -0.3 is 19.9 Å². The normalized spacial score (nSPS) is 12.8. The van der Waals surface area contributed by atoms with Crippen LogP contribution in [0.25, 0.3) is 0 Å². The second kappa shape index (κ2) is 11.7. The fourth-order valence-electron chi connectivity index (χ4n) is 1.55. The molecule has 2 N–H and O–H groups in total. The average molecular weight is 366 g/mol. The molecule has 1 atom stereocenters. The molecule has 0 fully saturated rings. The second-order valence-corrected chi connectivity index (χ2v) is 6.37. The molecule has 1 rings (SSSR count). The molecule has 1 unspecified atom stereocenters. The van der Waals surface area contributed by atoms with E-state index in [-0.39, 0.29) is 0 Å². The van der Waals surface area contributed by atoms with Crippen LogP contribution in [0, 0.1) is 0 Å². The lowest BCUT2D eigenvalue weighted by molar-refractivity contribution is 0.00386. The predicted molar refractivity (Wildman–Crippen MR) is 86.3 cm³/mol. The Labute approximate surface area is 133 Å². The fourth-order valence-corrected chi connectivity index (χ4v) is 3.01. The number of halogens is 1. The first kappa shape index (κ1) is 18.1. The molecular formula is C14H24BrNO3S. The van der Waals surface area contributed by atoms with E-state index in [1.165, 1.54) is 4.88 Å². The van der Waals surface area contributed by atoms with Gasteiger partial charge in [-0.3, -0.25) is 0 Å². The molecule has 6 heteroatoms. The van der Waals surface area contributed by atoms with E-state index in [0.717, 1.165) is 30.5 Å². The summed E-state index contributed by atoms with van der Waals surface area (Å²) in [7, 11) is 0. The van der Waals surface area contributed by atoms with Crippen LogP contribution in [0.1, 0.15) is 24.6 Å². The van der Waals surface area contributed by atoms with Gasteiger partial charge in [0, 0.05) is 29.0 Å². The lowest BCUT2D eigenvalue weighted by Gasteiger charge is -2.12. The predicted octanol–water partition coefficient (Wildman–Crippen LogP) is 2.79. The van der Waals surface area contributed by atoms with Crippen LogP contribution in [0.5, 0.6) is 0 Å². The van der Waals surface area contributed by atoms with Gasteiger partial charge in [-0.1, -0.05) is 13.3 Å². The molecule has 1 aromatic heterocycles. The van der Waals surface area contributed by atoms with E-state index in [1.54, 1.807) is 11.3 Å². The molecular weight excluding hydrogens is 342 g/mol. The lowest BCUT2D eigenvalue weighted by atomic mass is 10.3. The highest BCUT2D eigenvalue weighted by atomic mass is 79.9. The molecule has 0 bridgehead atoms. The molecule has 0 aliphatic heterocycles. The molecule has 0 spiro atoms. The van der Waals surface area contributed by atoms with Crippen molar-refractivity contribution >= 4 is 27.3 Å². The van der Waals surface area contributed by atoms with Gasteiger partial charge in [0.25, 0.3) is 0 Å². The minimum atomic E-state index is -0.482. The third-order valence-electron chi connectivity index (χ3n) is 2.68. The van der Waals surface area contributed by atoms with Crippen LogP contribution >= 0.6 is 27.3 Å².